The summed E-state index contributed by atoms with van der Waals surface area (Å²) in [6.45, 7) is 4.44. The van der Waals surface area contributed by atoms with Gasteiger partial charge in [0, 0.05) is 6.42 Å². The molecular weight excluding hydrogens is 282 g/mol. The molecule has 0 unspecified atom stereocenters. The van der Waals surface area contributed by atoms with Crippen molar-refractivity contribution in [2.24, 2.45) is 5.92 Å². The predicted octanol–water partition coefficient (Wildman–Crippen LogP) is 2.63. The van der Waals surface area contributed by atoms with Gasteiger partial charge in [0.25, 0.3) is 5.89 Å². The summed E-state index contributed by atoms with van der Waals surface area (Å²) < 4.78 is 11.0. The molecule has 0 spiro atoms. The second-order valence-corrected chi connectivity index (χ2v) is 5.32. The Morgan fingerprint density at radius 3 is 2.91 bits per heavy atom. The molecule has 0 fully saturated rings. The Kier molecular flexibility index (Phi) is 4.13. The minimum atomic E-state index is 0.218. The van der Waals surface area contributed by atoms with E-state index in [1.165, 1.54) is 6.33 Å². The Labute approximate surface area is 127 Å². The van der Waals surface area contributed by atoms with Gasteiger partial charge in [-0.25, -0.2) is 4.98 Å². The maximum atomic E-state index is 5.78. The fourth-order valence-corrected chi connectivity index (χ4v) is 2.06. The van der Waals surface area contributed by atoms with Gasteiger partial charge in [-0.3, -0.25) is 5.10 Å². The molecule has 1 aromatic carbocycles. The topological polar surface area (TPSA) is 89.7 Å². The number of H-pyrrole nitrogens is 1. The second kappa shape index (κ2) is 6.38. The molecule has 0 atom stereocenters. The number of ether oxygens (including phenoxy) is 1. The number of para-hydroxylation sites is 1. The fourth-order valence-electron chi connectivity index (χ4n) is 2.06. The van der Waals surface area contributed by atoms with Crippen molar-refractivity contribution in [1.29, 1.82) is 0 Å². The third kappa shape index (κ3) is 3.30. The lowest BCUT2D eigenvalue weighted by Gasteiger charge is -2.07. The highest BCUT2D eigenvalue weighted by molar-refractivity contribution is 5.63. The molecule has 0 radical (unpaired) electrons. The lowest BCUT2D eigenvalue weighted by atomic mass is 10.1. The van der Waals surface area contributed by atoms with Crippen LogP contribution in [0.3, 0.4) is 0 Å². The number of aromatic nitrogens is 5. The number of aromatic amines is 1. The van der Waals surface area contributed by atoms with E-state index in [-0.39, 0.29) is 6.61 Å². The van der Waals surface area contributed by atoms with Crippen molar-refractivity contribution < 1.29 is 9.26 Å². The molecule has 3 aromatic rings. The molecule has 0 amide bonds. The summed E-state index contributed by atoms with van der Waals surface area (Å²) in [5, 5.41) is 10.6. The maximum absolute atomic E-state index is 5.78. The Bertz CT molecular complexity index is 721. The molecule has 2 aromatic heterocycles. The number of nitrogens with zero attached hydrogens (tertiary/aromatic N) is 4. The van der Waals surface area contributed by atoms with Crippen LogP contribution in [0.15, 0.2) is 35.1 Å². The Balaban J connectivity index is 1.71. The highest BCUT2D eigenvalue weighted by Crippen LogP contribution is 2.27. The van der Waals surface area contributed by atoms with Crippen LogP contribution in [0.1, 0.15) is 25.6 Å². The van der Waals surface area contributed by atoms with Gasteiger partial charge < -0.3 is 9.26 Å². The first-order valence-electron chi connectivity index (χ1n) is 7.11. The molecule has 0 aliphatic heterocycles. The van der Waals surface area contributed by atoms with E-state index in [0.29, 0.717) is 29.2 Å². The van der Waals surface area contributed by atoms with E-state index in [0.717, 1.165) is 12.0 Å². The molecule has 0 bridgehead atoms. The summed E-state index contributed by atoms with van der Waals surface area (Å²) >= 11 is 0. The zero-order chi connectivity index (χ0) is 15.4. The molecule has 1 N–H and O–H groups in total. The monoisotopic (exact) mass is 299 g/mol. The fraction of sp³-hybridized carbons (Fsp3) is 0.333. The number of hydrogen-bond donors (Lipinski definition) is 1. The van der Waals surface area contributed by atoms with Gasteiger partial charge in [-0.05, 0) is 18.1 Å². The molecule has 7 heteroatoms. The van der Waals surface area contributed by atoms with Crippen LogP contribution in [-0.2, 0) is 13.0 Å². The largest absolute Gasteiger partial charge is 0.483 e. The van der Waals surface area contributed by atoms with E-state index in [1.807, 2.05) is 24.3 Å². The van der Waals surface area contributed by atoms with Crippen molar-refractivity contribution in [1.82, 2.24) is 25.3 Å². The Morgan fingerprint density at radius 1 is 1.27 bits per heavy atom. The van der Waals surface area contributed by atoms with Crippen molar-refractivity contribution in [3.63, 3.8) is 0 Å². The van der Waals surface area contributed by atoms with Crippen LogP contribution in [0.2, 0.25) is 0 Å². The summed E-state index contributed by atoms with van der Waals surface area (Å²) in [7, 11) is 0. The van der Waals surface area contributed by atoms with Crippen molar-refractivity contribution in [2.75, 3.05) is 0 Å². The van der Waals surface area contributed by atoms with Gasteiger partial charge in [-0.2, -0.15) is 10.1 Å². The van der Waals surface area contributed by atoms with Crippen LogP contribution in [-0.4, -0.2) is 25.3 Å². The average molecular weight is 299 g/mol. The summed E-state index contributed by atoms with van der Waals surface area (Å²) in [5.41, 5.74) is 0.835. The summed E-state index contributed by atoms with van der Waals surface area (Å²) in [6, 6.07) is 7.59. The molecule has 2 heterocycles. The van der Waals surface area contributed by atoms with E-state index in [4.69, 9.17) is 9.26 Å². The molecule has 0 aliphatic carbocycles. The van der Waals surface area contributed by atoms with Crippen LogP contribution in [0.25, 0.3) is 11.4 Å². The van der Waals surface area contributed by atoms with E-state index >= 15 is 0 Å². The second-order valence-electron chi connectivity index (χ2n) is 5.32. The van der Waals surface area contributed by atoms with Gasteiger partial charge in [0.15, 0.2) is 18.3 Å². The Hall–Kier alpha value is -2.70. The normalized spacial score (nSPS) is 11.0. The van der Waals surface area contributed by atoms with E-state index in [2.05, 4.69) is 39.2 Å². The van der Waals surface area contributed by atoms with Gasteiger partial charge in [-0.1, -0.05) is 31.1 Å². The van der Waals surface area contributed by atoms with Gasteiger partial charge in [0.2, 0.25) is 0 Å². The van der Waals surface area contributed by atoms with Crippen molar-refractivity contribution in [3.05, 3.63) is 42.3 Å². The van der Waals surface area contributed by atoms with Crippen molar-refractivity contribution in [2.45, 2.75) is 26.9 Å². The Morgan fingerprint density at radius 2 is 2.14 bits per heavy atom. The molecular formula is C15H17N5O2. The van der Waals surface area contributed by atoms with Crippen molar-refractivity contribution >= 4 is 0 Å². The number of rotatable bonds is 6. The number of hydrogen-bond acceptors (Lipinski definition) is 6. The SMILES string of the molecule is CC(C)Cc1noc(COc2ccccc2-c2ncn[nH]2)n1. The maximum Gasteiger partial charge on any atom is 0.264 e. The highest BCUT2D eigenvalue weighted by Gasteiger charge is 2.12. The molecule has 22 heavy (non-hydrogen) atoms. The van der Waals surface area contributed by atoms with Gasteiger partial charge in [0.05, 0.1) is 5.56 Å². The van der Waals surface area contributed by atoms with E-state index in [1.54, 1.807) is 0 Å². The zero-order valence-corrected chi connectivity index (χ0v) is 12.5. The molecule has 0 aliphatic rings. The molecule has 0 saturated heterocycles. The lowest BCUT2D eigenvalue weighted by Crippen LogP contribution is -1.99. The third-order valence-electron chi connectivity index (χ3n) is 3.01. The predicted molar refractivity (Wildman–Crippen MR) is 79.0 cm³/mol. The first-order chi connectivity index (χ1) is 10.7. The summed E-state index contributed by atoms with van der Waals surface area (Å²) in [4.78, 5) is 8.46. The zero-order valence-electron chi connectivity index (χ0n) is 12.5. The van der Waals surface area contributed by atoms with Gasteiger partial charge in [-0.15, -0.1) is 0 Å². The standard InChI is InChI=1S/C15H17N5O2/c1-10(2)7-13-18-14(22-20-13)8-21-12-6-4-3-5-11(12)15-16-9-17-19-15/h3-6,9-10H,7-8H2,1-2H3,(H,16,17,19). The molecule has 0 saturated carbocycles. The minimum Gasteiger partial charge on any atom is -0.483 e. The number of benzene rings is 1. The van der Waals surface area contributed by atoms with Gasteiger partial charge >= 0.3 is 0 Å². The van der Waals surface area contributed by atoms with Crippen molar-refractivity contribution in [3.8, 4) is 17.1 Å². The average Bonchev–Trinajstić information content (AvgIpc) is 3.16. The number of nitrogens with one attached hydrogen (secondary N) is 1. The van der Waals surface area contributed by atoms with Crippen LogP contribution in [0.4, 0.5) is 0 Å². The highest BCUT2D eigenvalue weighted by atomic mass is 16.5. The third-order valence-corrected chi connectivity index (χ3v) is 3.01. The lowest BCUT2D eigenvalue weighted by molar-refractivity contribution is 0.243. The van der Waals surface area contributed by atoms with Crippen LogP contribution < -0.4 is 4.74 Å². The van der Waals surface area contributed by atoms with Crippen LogP contribution in [0.5, 0.6) is 5.75 Å². The van der Waals surface area contributed by atoms with Gasteiger partial charge in [0.1, 0.15) is 12.1 Å². The van der Waals surface area contributed by atoms with E-state index in [9.17, 15) is 0 Å². The van der Waals surface area contributed by atoms with Crippen LogP contribution in [0, 0.1) is 5.92 Å². The van der Waals surface area contributed by atoms with E-state index < -0.39 is 0 Å². The summed E-state index contributed by atoms with van der Waals surface area (Å²) in [6.07, 6.45) is 2.25. The smallest absolute Gasteiger partial charge is 0.264 e. The molecule has 114 valence electrons. The molecule has 7 nitrogen and oxygen atoms in total. The summed E-state index contributed by atoms with van der Waals surface area (Å²) in [5.74, 6) is 2.99. The first-order valence-corrected chi connectivity index (χ1v) is 7.11. The molecule has 3 rings (SSSR count). The van der Waals surface area contributed by atoms with Crippen LogP contribution >= 0.6 is 0 Å². The first kappa shape index (κ1) is 14.2. The quantitative estimate of drug-likeness (QED) is 0.752. The minimum absolute atomic E-state index is 0.218.